The average molecular weight is 336 g/mol. The summed E-state index contributed by atoms with van der Waals surface area (Å²) >= 11 is 0. The molecule has 0 bridgehead atoms. The smallest absolute Gasteiger partial charge is 0.123 e. The molecule has 3 heteroatoms. The van der Waals surface area contributed by atoms with Gasteiger partial charge in [-0.25, -0.2) is 8.60 Å². The Bertz CT molecular complexity index is 880. The minimum Gasteiger partial charge on any atom is -0.249 e. The van der Waals surface area contributed by atoms with Gasteiger partial charge in [0.1, 0.15) is 5.82 Å². The van der Waals surface area contributed by atoms with E-state index < -0.39 is 10.8 Å². The lowest BCUT2D eigenvalue weighted by atomic mass is 10.1. The fourth-order valence-corrected chi connectivity index (χ4v) is 3.53. The minimum absolute atomic E-state index is 0.256. The predicted octanol–water partition coefficient (Wildman–Crippen LogP) is 5.47. The standard InChI is InChI=1S/C21H17FOS/c1-16-6-14-20(15-7-16)24(23)21-5-3-2-4-18(21)11-8-17-9-12-19(22)13-10-17/h2-15H,1H3/b11-8+/t24-/m0/s1. The summed E-state index contributed by atoms with van der Waals surface area (Å²) in [4.78, 5) is 1.54. The lowest BCUT2D eigenvalue weighted by Gasteiger charge is -2.07. The maximum Gasteiger partial charge on any atom is 0.123 e. The fourth-order valence-electron chi connectivity index (χ4n) is 2.34. The van der Waals surface area contributed by atoms with Gasteiger partial charge in [-0.05, 0) is 48.4 Å². The zero-order valence-corrected chi connectivity index (χ0v) is 14.1. The molecule has 0 saturated carbocycles. The zero-order valence-electron chi connectivity index (χ0n) is 13.3. The quantitative estimate of drug-likeness (QED) is 0.577. The number of hydrogen-bond donors (Lipinski definition) is 0. The number of benzene rings is 3. The van der Waals surface area contributed by atoms with Crippen LogP contribution in [0.3, 0.4) is 0 Å². The topological polar surface area (TPSA) is 17.1 Å². The summed E-state index contributed by atoms with van der Waals surface area (Å²) in [5, 5.41) is 0. The Morgan fingerprint density at radius 1 is 0.833 bits per heavy atom. The van der Waals surface area contributed by atoms with Crippen LogP contribution in [-0.4, -0.2) is 4.21 Å². The van der Waals surface area contributed by atoms with Gasteiger partial charge in [-0.1, -0.05) is 60.2 Å². The van der Waals surface area contributed by atoms with Gasteiger partial charge in [-0.3, -0.25) is 0 Å². The molecule has 0 fully saturated rings. The summed E-state index contributed by atoms with van der Waals surface area (Å²) in [6.45, 7) is 2.01. The van der Waals surface area contributed by atoms with Gasteiger partial charge >= 0.3 is 0 Å². The average Bonchev–Trinajstić information content (AvgIpc) is 2.61. The van der Waals surface area contributed by atoms with Gasteiger partial charge in [0.15, 0.2) is 0 Å². The van der Waals surface area contributed by atoms with E-state index in [0.717, 1.165) is 26.5 Å². The summed E-state index contributed by atoms with van der Waals surface area (Å²) in [5.41, 5.74) is 2.92. The Morgan fingerprint density at radius 2 is 1.50 bits per heavy atom. The molecule has 0 spiro atoms. The van der Waals surface area contributed by atoms with Crippen LogP contribution in [0.1, 0.15) is 16.7 Å². The summed E-state index contributed by atoms with van der Waals surface area (Å²) in [6.07, 6.45) is 3.80. The van der Waals surface area contributed by atoms with E-state index in [1.165, 1.54) is 12.1 Å². The second-order valence-corrected chi connectivity index (χ2v) is 6.95. The van der Waals surface area contributed by atoms with Gasteiger partial charge in [-0.15, -0.1) is 0 Å². The summed E-state index contributed by atoms with van der Waals surface area (Å²) in [6, 6.07) is 21.6. The van der Waals surface area contributed by atoms with Gasteiger partial charge in [0.05, 0.1) is 15.7 Å². The first kappa shape index (κ1) is 16.3. The van der Waals surface area contributed by atoms with Gasteiger partial charge in [0, 0.05) is 4.90 Å². The molecule has 0 aliphatic carbocycles. The van der Waals surface area contributed by atoms with Crippen molar-refractivity contribution < 1.29 is 8.60 Å². The monoisotopic (exact) mass is 336 g/mol. The molecule has 1 nitrogen and oxygen atoms in total. The molecule has 0 aliphatic rings. The summed E-state index contributed by atoms with van der Waals surface area (Å²) < 4.78 is 25.8. The molecule has 0 unspecified atom stereocenters. The van der Waals surface area contributed by atoms with Gasteiger partial charge < -0.3 is 0 Å². The molecule has 120 valence electrons. The highest BCUT2D eigenvalue weighted by Crippen LogP contribution is 2.22. The van der Waals surface area contributed by atoms with E-state index in [1.807, 2.05) is 67.6 Å². The third kappa shape index (κ3) is 3.87. The van der Waals surface area contributed by atoms with Crippen molar-refractivity contribution in [3.05, 3.63) is 95.3 Å². The van der Waals surface area contributed by atoms with E-state index in [0.29, 0.717) is 0 Å². The Morgan fingerprint density at radius 3 is 2.21 bits per heavy atom. The van der Waals surface area contributed by atoms with E-state index in [4.69, 9.17) is 0 Å². The molecule has 3 aromatic carbocycles. The van der Waals surface area contributed by atoms with Crippen molar-refractivity contribution in [2.24, 2.45) is 0 Å². The van der Waals surface area contributed by atoms with E-state index >= 15 is 0 Å². The number of hydrogen-bond acceptors (Lipinski definition) is 1. The molecule has 1 atom stereocenters. The molecule has 0 heterocycles. The van der Waals surface area contributed by atoms with Crippen molar-refractivity contribution in [3.8, 4) is 0 Å². The predicted molar refractivity (Wildman–Crippen MR) is 97.6 cm³/mol. The van der Waals surface area contributed by atoms with Gasteiger partial charge in [0.2, 0.25) is 0 Å². The van der Waals surface area contributed by atoms with Crippen LogP contribution in [0.4, 0.5) is 4.39 Å². The highest BCUT2D eigenvalue weighted by Gasteiger charge is 2.10. The van der Waals surface area contributed by atoms with Crippen molar-refractivity contribution >= 4 is 23.0 Å². The van der Waals surface area contributed by atoms with Crippen molar-refractivity contribution in [3.63, 3.8) is 0 Å². The third-order valence-corrected chi connectivity index (χ3v) is 5.15. The molecule has 0 saturated heterocycles. The van der Waals surface area contributed by atoms with Crippen LogP contribution in [0, 0.1) is 12.7 Å². The van der Waals surface area contributed by atoms with Crippen LogP contribution >= 0.6 is 0 Å². The molecule has 24 heavy (non-hydrogen) atoms. The molecule has 0 aromatic heterocycles. The second kappa shape index (κ2) is 7.37. The Balaban J connectivity index is 1.91. The minimum atomic E-state index is -1.24. The fraction of sp³-hybridized carbons (Fsp3) is 0.0476. The first-order valence-electron chi connectivity index (χ1n) is 7.64. The zero-order chi connectivity index (χ0) is 16.9. The summed E-state index contributed by atoms with van der Waals surface area (Å²) in [5.74, 6) is -0.256. The summed E-state index contributed by atoms with van der Waals surface area (Å²) in [7, 11) is -1.24. The normalized spacial score (nSPS) is 12.4. The third-order valence-electron chi connectivity index (χ3n) is 3.68. The van der Waals surface area contributed by atoms with Crippen LogP contribution in [0.5, 0.6) is 0 Å². The van der Waals surface area contributed by atoms with Crippen LogP contribution in [0.15, 0.2) is 82.6 Å². The second-order valence-electron chi connectivity index (χ2n) is 5.50. The highest BCUT2D eigenvalue weighted by molar-refractivity contribution is 7.85. The van der Waals surface area contributed by atoms with Gasteiger partial charge in [-0.2, -0.15) is 0 Å². The van der Waals surface area contributed by atoms with Crippen molar-refractivity contribution in [2.45, 2.75) is 16.7 Å². The molecule has 0 aliphatic heterocycles. The SMILES string of the molecule is Cc1ccc([S@](=O)c2ccccc2/C=C/c2ccc(F)cc2)cc1. The van der Waals surface area contributed by atoms with Crippen molar-refractivity contribution in [1.82, 2.24) is 0 Å². The lowest BCUT2D eigenvalue weighted by Crippen LogP contribution is -1.95. The lowest BCUT2D eigenvalue weighted by molar-refractivity contribution is 0.628. The van der Waals surface area contributed by atoms with Crippen LogP contribution < -0.4 is 0 Å². The van der Waals surface area contributed by atoms with E-state index in [2.05, 4.69) is 0 Å². The van der Waals surface area contributed by atoms with Crippen LogP contribution in [0.25, 0.3) is 12.2 Å². The first-order valence-corrected chi connectivity index (χ1v) is 8.79. The molecule has 0 N–H and O–H groups in total. The van der Waals surface area contributed by atoms with Crippen molar-refractivity contribution in [1.29, 1.82) is 0 Å². The van der Waals surface area contributed by atoms with E-state index in [1.54, 1.807) is 12.1 Å². The molecule has 3 rings (SSSR count). The van der Waals surface area contributed by atoms with E-state index in [-0.39, 0.29) is 5.82 Å². The molecule has 0 radical (unpaired) electrons. The number of aryl methyl sites for hydroxylation is 1. The highest BCUT2D eigenvalue weighted by atomic mass is 32.2. The Kier molecular flexibility index (Phi) is 5.02. The molecule has 0 amide bonds. The molecule has 3 aromatic rings. The first-order chi connectivity index (χ1) is 11.6. The maximum absolute atomic E-state index is 13.0. The molecular weight excluding hydrogens is 319 g/mol. The maximum atomic E-state index is 13.0. The Labute approximate surface area is 143 Å². The largest absolute Gasteiger partial charge is 0.249 e. The van der Waals surface area contributed by atoms with Crippen LogP contribution in [0.2, 0.25) is 0 Å². The van der Waals surface area contributed by atoms with Gasteiger partial charge in [0.25, 0.3) is 0 Å². The number of halogens is 1. The number of rotatable bonds is 4. The Hall–Kier alpha value is -2.52. The molecular formula is C21H17FOS. The van der Waals surface area contributed by atoms with Crippen molar-refractivity contribution in [2.75, 3.05) is 0 Å². The van der Waals surface area contributed by atoms with Crippen LogP contribution in [-0.2, 0) is 10.8 Å². The van der Waals surface area contributed by atoms with E-state index in [9.17, 15) is 8.60 Å².